The number of hydrogen-bond donors (Lipinski definition) is 1. The quantitative estimate of drug-likeness (QED) is 0.493. The monoisotopic (exact) mass is 487 g/mol. The maximum absolute atomic E-state index is 12.6. The zero-order chi connectivity index (χ0) is 18.1. The predicted octanol–water partition coefficient (Wildman–Crippen LogP) is 4.90. The number of hydrogen-bond acceptors (Lipinski definition) is 5. The summed E-state index contributed by atoms with van der Waals surface area (Å²) in [4.78, 5) is 26.3. The zero-order valence-electron chi connectivity index (χ0n) is 12.8. The third-order valence-corrected chi connectivity index (χ3v) is 5.36. The van der Waals surface area contributed by atoms with Crippen LogP contribution in [0.4, 0.5) is 10.5 Å². The van der Waals surface area contributed by atoms with Gasteiger partial charge in [-0.3, -0.25) is 9.59 Å². The third-order valence-electron chi connectivity index (χ3n) is 3.43. The SMILES string of the molecule is COc1cc(C=C2SC(=O)N(c3cccc(Cl)c3)C2=O)cc(I)c1O. The lowest BCUT2D eigenvalue weighted by atomic mass is 10.2. The van der Waals surface area contributed by atoms with E-state index in [0.29, 0.717) is 25.6 Å². The summed E-state index contributed by atoms with van der Waals surface area (Å²) in [7, 11) is 1.45. The van der Waals surface area contributed by atoms with Crippen LogP contribution < -0.4 is 9.64 Å². The van der Waals surface area contributed by atoms with Gasteiger partial charge in [-0.2, -0.15) is 0 Å². The highest BCUT2D eigenvalue weighted by Crippen LogP contribution is 2.38. The van der Waals surface area contributed by atoms with Crippen LogP contribution in [0.1, 0.15) is 5.56 Å². The summed E-state index contributed by atoms with van der Waals surface area (Å²) in [5.41, 5.74) is 1.08. The Kier molecular flexibility index (Phi) is 5.26. The molecular weight excluding hydrogens is 477 g/mol. The molecule has 1 aliphatic heterocycles. The predicted molar refractivity (Wildman–Crippen MR) is 107 cm³/mol. The molecule has 2 aromatic carbocycles. The lowest BCUT2D eigenvalue weighted by Crippen LogP contribution is -2.27. The van der Waals surface area contributed by atoms with E-state index in [1.807, 2.05) is 22.6 Å². The van der Waals surface area contributed by atoms with Gasteiger partial charge in [0.2, 0.25) is 0 Å². The van der Waals surface area contributed by atoms with Crippen LogP contribution in [0.5, 0.6) is 11.5 Å². The number of rotatable bonds is 3. The molecule has 0 saturated carbocycles. The number of benzene rings is 2. The van der Waals surface area contributed by atoms with E-state index < -0.39 is 5.91 Å². The van der Waals surface area contributed by atoms with Crippen molar-refractivity contribution in [2.45, 2.75) is 0 Å². The number of anilines is 1. The number of ether oxygens (including phenoxy) is 1. The highest BCUT2D eigenvalue weighted by molar-refractivity contribution is 14.1. The fraction of sp³-hybridized carbons (Fsp3) is 0.0588. The fourth-order valence-electron chi connectivity index (χ4n) is 2.29. The van der Waals surface area contributed by atoms with Crippen molar-refractivity contribution in [1.82, 2.24) is 0 Å². The Balaban J connectivity index is 1.97. The Hall–Kier alpha value is -1.71. The Labute approximate surface area is 166 Å². The number of phenolic OH excluding ortho intramolecular Hbond substituents is 1. The van der Waals surface area contributed by atoms with E-state index in [1.165, 1.54) is 7.11 Å². The topological polar surface area (TPSA) is 66.8 Å². The van der Waals surface area contributed by atoms with Gasteiger partial charge in [-0.15, -0.1) is 0 Å². The Morgan fingerprint density at radius 2 is 2.04 bits per heavy atom. The second-order valence-corrected chi connectivity index (χ2v) is 7.64. The first-order valence-corrected chi connectivity index (χ1v) is 9.28. The number of carbonyl (C=O) groups excluding carboxylic acids is 2. The average Bonchev–Trinajstić information content (AvgIpc) is 2.84. The van der Waals surface area contributed by atoms with Crippen molar-refractivity contribution in [2.75, 3.05) is 12.0 Å². The number of imide groups is 1. The van der Waals surface area contributed by atoms with Gasteiger partial charge in [-0.05, 0) is 76.3 Å². The van der Waals surface area contributed by atoms with Crippen molar-refractivity contribution in [1.29, 1.82) is 0 Å². The number of carbonyl (C=O) groups is 2. The fourth-order valence-corrected chi connectivity index (χ4v) is 3.94. The van der Waals surface area contributed by atoms with E-state index in [4.69, 9.17) is 16.3 Å². The number of halogens is 2. The number of nitrogens with zero attached hydrogens (tertiary/aromatic N) is 1. The molecule has 1 saturated heterocycles. The molecule has 1 heterocycles. The molecule has 1 fully saturated rings. The standard InChI is InChI=1S/C17H11ClINO4S/c1-24-13-6-9(5-12(19)15(13)21)7-14-16(22)20(17(23)25-14)11-4-2-3-10(18)8-11/h2-8,21H,1H3. The van der Waals surface area contributed by atoms with E-state index in [0.717, 1.165) is 16.7 Å². The molecule has 0 bridgehead atoms. The molecule has 1 N–H and O–H groups in total. The smallest absolute Gasteiger partial charge is 0.298 e. The summed E-state index contributed by atoms with van der Waals surface area (Å²) < 4.78 is 5.70. The van der Waals surface area contributed by atoms with E-state index >= 15 is 0 Å². The van der Waals surface area contributed by atoms with Gasteiger partial charge in [0.25, 0.3) is 11.1 Å². The van der Waals surface area contributed by atoms with Crippen LogP contribution in [-0.4, -0.2) is 23.4 Å². The maximum Gasteiger partial charge on any atom is 0.298 e. The Morgan fingerprint density at radius 3 is 2.72 bits per heavy atom. The first-order chi connectivity index (χ1) is 11.9. The number of amides is 2. The molecule has 0 atom stereocenters. The van der Waals surface area contributed by atoms with Crippen LogP contribution in [0.2, 0.25) is 5.02 Å². The molecule has 0 spiro atoms. The summed E-state index contributed by atoms with van der Waals surface area (Å²) in [6, 6.07) is 9.87. The average molecular weight is 488 g/mol. The van der Waals surface area contributed by atoms with Crippen molar-refractivity contribution in [3.63, 3.8) is 0 Å². The molecule has 128 valence electrons. The Bertz CT molecular complexity index is 916. The molecular formula is C17H11ClINO4S. The van der Waals surface area contributed by atoms with E-state index in [2.05, 4.69) is 0 Å². The maximum atomic E-state index is 12.6. The van der Waals surface area contributed by atoms with Gasteiger partial charge >= 0.3 is 0 Å². The molecule has 0 radical (unpaired) electrons. The van der Waals surface area contributed by atoms with Crippen LogP contribution in [0.25, 0.3) is 6.08 Å². The summed E-state index contributed by atoms with van der Waals surface area (Å²) in [5.74, 6) is -0.0844. The molecule has 2 amide bonds. The van der Waals surface area contributed by atoms with Crippen LogP contribution in [0.15, 0.2) is 41.3 Å². The normalized spacial score (nSPS) is 16.0. The molecule has 1 aliphatic rings. The summed E-state index contributed by atoms with van der Waals surface area (Å²) in [6.45, 7) is 0. The van der Waals surface area contributed by atoms with Crippen LogP contribution >= 0.6 is 46.0 Å². The summed E-state index contributed by atoms with van der Waals surface area (Å²) in [5, 5.41) is 9.95. The molecule has 8 heteroatoms. The number of phenols is 1. The second kappa shape index (κ2) is 7.27. The van der Waals surface area contributed by atoms with Crippen LogP contribution in [0, 0.1) is 3.57 Å². The summed E-state index contributed by atoms with van der Waals surface area (Å²) in [6.07, 6.45) is 1.60. The van der Waals surface area contributed by atoms with Crippen molar-refractivity contribution in [3.8, 4) is 11.5 Å². The zero-order valence-corrected chi connectivity index (χ0v) is 16.6. The van der Waals surface area contributed by atoms with Crippen LogP contribution in [0.3, 0.4) is 0 Å². The van der Waals surface area contributed by atoms with Crippen LogP contribution in [-0.2, 0) is 4.79 Å². The number of thioether (sulfide) groups is 1. The number of aromatic hydroxyl groups is 1. The van der Waals surface area contributed by atoms with Crippen molar-refractivity contribution >= 4 is 68.9 Å². The minimum absolute atomic E-state index is 0.0345. The molecule has 2 aromatic rings. The minimum atomic E-state index is -0.417. The van der Waals surface area contributed by atoms with Gasteiger partial charge in [0.05, 0.1) is 21.3 Å². The number of methoxy groups -OCH3 is 1. The van der Waals surface area contributed by atoms with Gasteiger partial charge in [-0.1, -0.05) is 17.7 Å². The van der Waals surface area contributed by atoms with Crippen molar-refractivity contribution < 1.29 is 19.4 Å². The molecule has 5 nitrogen and oxygen atoms in total. The Morgan fingerprint density at radius 1 is 1.28 bits per heavy atom. The lowest BCUT2D eigenvalue weighted by Gasteiger charge is -2.12. The third kappa shape index (κ3) is 3.63. The highest BCUT2D eigenvalue weighted by Gasteiger charge is 2.36. The van der Waals surface area contributed by atoms with Crippen molar-refractivity contribution in [3.05, 3.63) is 55.5 Å². The van der Waals surface area contributed by atoms with Gasteiger partial charge in [-0.25, -0.2) is 4.90 Å². The van der Waals surface area contributed by atoms with Crippen molar-refractivity contribution in [2.24, 2.45) is 0 Å². The molecule has 25 heavy (non-hydrogen) atoms. The van der Waals surface area contributed by atoms with Gasteiger partial charge in [0, 0.05) is 5.02 Å². The molecule has 0 aliphatic carbocycles. The first kappa shape index (κ1) is 18.1. The lowest BCUT2D eigenvalue weighted by molar-refractivity contribution is -0.113. The van der Waals surface area contributed by atoms with E-state index in [1.54, 1.807) is 42.5 Å². The first-order valence-electron chi connectivity index (χ1n) is 7.00. The van der Waals surface area contributed by atoms with Gasteiger partial charge in [0.15, 0.2) is 11.5 Å². The molecule has 3 rings (SSSR count). The summed E-state index contributed by atoms with van der Waals surface area (Å²) >= 11 is 8.76. The van der Waals surface area contributed by atoms with Gasteiger partial charge in [0.1, 0.15) is 0 Å². The second-order valence-electron chi connectivity index (χ2n) is 5.05. The van der Waals surface area contributed by atoms with E-state index in [-0.39, 0.29) is 15.9 Å². The van der Waals surface area contributed by atoms with Gasteiger partial charge < -0.3 is 9.84 Å². The van der Waals surface area contributed by atoms with E-state index in [9.17, 15) is 14.7 Å². The molecule has 0 unspecified atom stereocenters. The minimum Gasteiger partial charge on any atom is -0.504 e. The largest absolute Gasteiger partial charge is 0.504 e. The molecule has 0 aromatic heterocycles. The highest BCUT2D eigenvalue weighted by atomic mass is 127.